The number of hydrogen-bond acceptors (Lipinski definition) is 4. The van der Waals surface area contributed by atoms with E-state index in [0.717, 1.165) is 32.1 Å². The molecule has 0 aliphatic heterocycles. The minimum absolute atomic E-state index is 0.0928. The molecule has 4 rings (SSSR count). The first-order valence-corrected chi connectivity index (χ1v) is 11.7. The van der Waals surface area contributed by atoms with Crippen LogP contribution in [0.15, 0.2) is 18.2 Å². The normalized spacial score (nSPS) is 20.2. The average Bonchev–Trinajstić information content (AvgIpc) is 3.49. The van der Waals surface area contributed by atoms with Gasteiger partial charge in [0, 0.05) is 17.7 Å². The SMILES string of the molecule is N#C[C@H](C[C@@H]1CCCCC1=O)NC(=O)[C@H](CC1CC1)NC(=O)c1cc2c(F)ccc(Cl)c2[nH]1. The molecule has 1 heterocycles. The molecular formula is C24H26ClFN4O3. The van der Waals surface area contributed by atoms with E-state index in [1.165, 1.54) is 18.2 Å². The van der Waals surface area contributed by atoms with Crippen LogP contribution in [0, 0.1) is 29.0 Å². The van der Waals surface area contributed by atoms with Crippen LogP contribution in [0.25, 0.3) is 10.9 Å². The largest absolute Gasteiger partial charge is 0.349 e. The molecule has 33 heavy (non-hydrogen) atoms. The van der Waals surface area contributed by atoms with Crippen LogP contribution in [-0.2, 0) is 9.59 Å². The highest BCUT2D eigenvalue weighted by atomic mass is 35.5. The third-order valence-electron chi connectivity index (χ3n) is 6.50. The maximum atomic E-state index is 14.1. The summed E-state index contributed by atoms with van der Waals surface area (Å²) in [5.74, 6) is -1.26. The average molecular weight is 473 g/mol. The third-order valence-corrected chi connectivity index (χ3v) is 6.81. The Bertz CT molecular complexity index is 1080. The lowest BCUT2D eigenvalue weighted by molar-refractivity contribution is -0.126. The van der Waals surface area contributed by atoms with E-state index in [0.29, 0.717) is 24.3 Å². The second-order valence-electron chi connectivity index (χ2n) is 9.04. The van der Waals surface area contributed by atoms with E-state index in [2.05, 4.69) is 21.7 Å². The number of aromatic amines is 1. The maximum Gasteiger partial charge on any atom is 0.268 e. The molecule has 2 aliphatic carbocycles. The fourth-order valence-corrected chi connectivity index (χ4v) is 4.64. The quantitative estimate of drug-likeness (QED) is 0.538. The number of carbonyl (C=O) groups excluding carboxylic acids is 3. The molecule has 9 heteroatoms. The van der Waals surface area contributed by atoms with Gasteiger partial charge in [0.2, 0.25) is 5.91 Å². The number of benzene rings is 1. The van der Waals surface area contributed by atoms with Gasteiger partial charge in [-0.3, -0.25) is 14.4 Å². The second kappa shape index (κ2) is 9.92. The zero-order valence-corrected chi connectivity index (χ0v) is 18.9. The summed E-state index contributed by atoms with van der Waals surface area (Å²) in [4.78, 5) is 40.8. The standard InChI is InChI=1S/C24H26ClFN4O3/c25-17-7-8-18(26)16-11-20(29-22(16)17)24(33)30-19(9-13-5-6-13)23(32)28-15(12-27)10-14-3-1-2-4-21(14)31/h7-8,11,13-15,19,29H,1-6,9-10H2,(H,28,32)(H,30,33)/t14-,15-,19-/m0/s1. The molecule has 0 radical (unpaired) electrons. The van der Waals surface area contributed by atoms with Gasteiger partial charge in [0.15, 0.2) is 0 Å². The molecule has 3 N–H and O–H groups in total. The molecule has 2 saturated carbocycles. The van der Waals surface area contributed by atoms with Crippen molar-refractivity contribution in [3.8, 4) is 6.07 Å². The number of hydrogen-bond donors (Lipinski definition) is 3. The molecule has 0 spiro atoms. The van der Waals surface area contributed by atoms with Crippen molar-refractivity contribution >= 4 is 40.1 Å². The van der Waals surface area contributed by atoms with Gasteiger partial charge in [-0.1, -0.05) is 30.9 Å². The molecule has 2 aliphatic rings. The van der Waals surface area contributed by atoms with Crippen molar-refractivity contribution in [1.29, 1.82) is 5.26 Å². The molecular weight excluding hydrogens is 447 g/mol. The first-order chi connectivity index (χ1) is 15.9. The number of H-pyrrole nitrogens is 1. The summed E-state index contributed by atoms with van der Waals surface area (Å²) in [5, 5.41) is 15.5. The van der Waals surface area contributed by atoms with Crippen LogP contribution in [0.2, 0.25) is 5.02 Å². The molecule has 0 unspecified atom stereocenters. The van der Waals surface area contributed by atoms with Gasteiger partial charge in [-0.05, 0) is 49.8 Å². The van der Waals surface area contributed by atoms with Gasteiger partial charge in [0.1, 0.15) is 29.4 Å². The zero-order valence-electron chi connectivity index (χ0n) is 18.1. The molecule has 2 aromatic rings. The summed E-state index contributed by atoms with van der Waals surface area (Å²) in [5.41, 5.74) is 0.405. The van der Waals surface area contributed by atoms with Gasteiger partial charge < -0.3 is 15.6 Å². The summed E-state index contributed by atoms with van der Waals surface area (Å²) in [6.45, 7) is 0. The molecule has 0 bridgehead atoms. The second-order valence-corrected chi connectivity index (χ2v) is 9.45. The van der Waals surface area contributed by atoms with E-state index in [1.807, 2.05) is 0 Å². The van der Waals surface area contributed by atoms with Crippen molar-refractivity contribution in [3.63, 3.8) is 0 Å². The predicted molar refractivity (Wildman–Crippen MR) is 121 cm³/mol. The van der Waals surface area contributed by atoms with Gasteiger partial charge in [-0.25, -0.2) is 4.39 Å². The minimum Gasteiger partial charge on any atom is -0.349 e. The summed E-state index contributed by atoms with van der Waals surface area (Å²) in [6, 6.07) is 4.43. The number of nitrogens with one attached hydrogen (secondary N) is 3. The van der Waals surface area contributed by atoms with Crippen LogP contribution < -0.4 is 10.6 Å². The van der Waals surface area contributed by atoms with Crippen LogP contribution in [-0.4, -0.2) is 34.7 Å². The fourth-order valence-electron chi connectivity index (χ4n) is 4.43. The lowest BCUT2D eigenvalue weighted by Crippen LogP contribution is -2.50. The Morgan fingerprint density at radius 1 is 1.21 bits per heavy atom. The number of halogens is 2. The monoisotopic (exact) mass is 472 g/mol. The first kappa shape index (κ1) is 23.2. The summed E-state index contributed by atoms with van der Waals surface area (Å²) in [6.07, 6.45) is 5.75. The number of rotatable bonds is 8. The number of ketones is 1. The van der Waals surface area contributed by atoms with E-state index in [1.54, 1.807) is 0 Å². The third kappa shape index (κ3) is 5.53. The number of fused-ring (bicyclic) bond motifs is 1. The van der Waals surface area contributed by atoms with Gasteiger partial charge in [0.05, 0.1) is 16.6 Å². The minimum atomic E-state index is -0.838. The molecule has 1 aromatic heterocycles. The Hall–Kier alpha value is -2.92. The Labute approximate surface area is 196 Å². The Balaban J connectivity index is 1.45. The maximum absolute atomic E-state index is 14.1. The number of nitriles is 1. The van der Waals surface area contributed by atoms with E-state index in [-0.39, 0.29) is 34.2 Å². The van der Waals surface area contributed by atoms with Crippen molar-refractivity contribution in [1.82, 2.24) is 15.6 Å². The molecule has 3 atom stereocenters. The van der Waals surface area contributed by atoms with Gasteiger partial charge in [-0.15, -0.1) is 0 Å². The van der Waals surface area contributed by atoms with Crippen LogP contribution in [0.5, 0.6) is 0 Å². The van der Waals surface area contributed by atoms with E-state index < -0.39 is 29.7 Å². The number of nitrogens with zero attached hydrogens (tertiary/aromatic N) is 1. The number of carbonyl (C=O) groups is 3. The van der Waals surface area contributed by atoms with Gasteiger partial charge in [0.25, 0.3) is 5.91 Å². The smallest absolute Gasteiger partial charge is 0.268 e. The molecule has 2 fully saturated rings. The van der Waals surface area contributed by atoms with E-state index in [9.17, 15) is 24.0 Å². The highest BCUT2D eigenvalue weighted by molar-refractivity contribution is 6.35. The van der Waals surface area contributed by atoms with Crippen molar-refractivity contribution in [2.75, 3.05) is 0 Å². The van der Waals surface area contributed by atoms with E-state index in [4.69, 9.17) is 11.6 Å². The Morgan fingerprint density at radius 3 is 2.67 bits per heavy atom. The predicted octanol–water partition coefficient (Wildman–Crippen LogP) is 4.02. The van der Waals surface area contributed by atoms with Crippen LogP contribution in [0.4, 0.5) is 4.39 Å². The topological polar surface area (TPSA) is 115 Å². The fraction of sp³-hybridized carbons (Fsp3) is 0.500. The van der Waals surface area contributed by atoms with Crippen molar-refractivity contribution in [3.05, 3.63) is 34.7 Å². The van der Waals surface area contributed by atoms with Crippen LogP contribution in [0.3, 0.4) is 0 Å². The molecule has 0 saturated heterocycles. The lowest BCUT2D eigenvalue weighted by atomic mass is 9.84. The number of Topliss-reactive ketones (excluding diaryl/α,β-unsaturated/α-hetero) is 1. The zero-order chi connectivity index (χ0) is 23.5. The Kier molecular flexibility index (Phi) is 6.99. The molecule has 174 valence electrons. The molecule has 1 aromatic carbocycles. The van der Waals surface area contributed by atoms with Crippen molar-refractivity contribution in [2.24, 2.45) is 11.8 Å². The Morgan fingerprint density at radius 2 is 2.00 bits per heavy atom. The highest BCUT2D eigenvalue weighted by Gasteiger charge is 2.33. The first-order valence-electron chi connectivity index (χ1n) is 11.4. The molecule has 2 amide bonds. The summed E-state index contributed by atoms with van der Waals surface area (Å²) < 4.78 is 14.1. The van der Waals surface area contributed by atoms with Crippen molar-refractivity contribution < 1.29 is 18.8 Å². The highest BCUT2D eigenvalue weighted by Crippen LogP contribution is 2.34. The lowest BCUT2D eigenvalue weighted by Gasteiger charge is -2.24. The van der Waals surface area contributed by atoms with Crippen LogP contribution in [0.1, 0.15) is 61.9 Å². The number of aromatic nitrogens is 1. The van der Waals surface area contributed by atoms with E-state index >= 15 is 0 Å². The summed E-state index contributed by atoms with van der Waals surface area (Å²) >= 11 is 6.10. The van der Waals surface area contributed by atoms with Gasteiger partial charge >= 0.3 is 0 Å². The van der Waals surface area contributed by atoms with Gasteiger partial charge in [-0.2, -0.15) is 5.26 Å². The summed E-state index contributed by atoms with van der Waals surface area (Å²) in [7, 11) is 0. The number of amides is 2. The molecule has 7 nitrogen and oxygen atoms in total. The van der Waals surface area contributed by atoms with Crippen molar-refractivity contribution in [2.45, 2.75) is 63.5 Å². The van der Waals surface area contributed by atoms with Crippen LogP contribution >= 0.6 is 11.6 Å².